The van der Waals surface area contributed by atoms with E-state index in [2.05, 4.69) is 26.8 Å². The van der Waals surface area contributed by atoms with Gasteiger partial charge in [-0.3, -0.25) is 4.79 Å². The third-order valence-corrected chi connectivity index (χ3v) is 2.23. The molecule has 0 saturated carbocycles. The molecule has 1 unspecified atom stereocenters. The van der Waals surface area contributed by atoms with Crippen molar-refractivity contribution in [3.8, 4) is 0 Å². The fraction of sp³-hybridized carbons (Fsp3) is 0.769. The largest absolute Gasteiger partial charge is 0.466 e. The van der Waals surface area contributed by atoms with E-state index in [0.29, 0.717) is 12.5 Å². The van der Waals surface area contributed by atoms with Crippen LogP contribution in [0.3, 0.4) is 0 Å². The minimum Gasteiger partial charge on any atom is -0.466 e. The van der Waals surface area contributed by atoms with Gasteiger partial charge in [-0.05, 0) is 32.6 Å². The molecule has 0 aromatic rings. The van der Waals surface area contributed by atoms with Crippen LogP contribution in [-0.2, 0) is 9.53 Å². The maximum atomic E-state index is 10.5. The molecule has 0 aliphatic rings. The van der Waals surface area contributed by atoms with Gasteiger partial charge in [-0.15, -0.1) is 0 Å². The van der Waals surface area contributed by atoms with Crippen molar-refractivity contribution in [3.63, 3.8) is 0 Å². The van der Waals surface area contributed by atoms with Crippen molar-refractivity contribution >= 4 is 5.97 Å². The smallest absolute Gasteiger partial charge is 0.302 e. The van der Waals surface area contributed by atoms with E-state index in [-0.39, 0.29) is 5.97 Å². The average molecular weight is 212 g/mol. The van der Waals surface area contributed by atoms with Crippen LogP contribution in [0, 0.1) is 5.92 Å². The lowest BCUT2D eigenvalue weighted by Gasteiger charge is -2.07. The zero-order valence-corrected chi connectivity index (χ0v) is 10.5. The first-order chi connectivity index (χ1) is 7.02. The molecule has 0 aromatic heterocycles. The summed E-state index contributed by atoms with van der Waals surface area (Å²) in [5, 5.41) is 0. The monoisotopic (exact) mass is 212 g/mol. The number of rotatable bonds is 7. The molecule has 15 heavy (non-hydrogen) atoms. The van der Waals surface area contributed by atoms with Gasteiger partial charge < -0.3 is 4.74 Å². The third-order valence-electron chi connectivity index (χ3n) is 2.23. The summed E-state index contributed by atoms with van der Waals surface area (Å²) >= 11 is 0. The number of carbonyl (C=O) groups is 1. The molecule has 0 spiro atoms. The first-order valence-corrected chi connectivity index (χ1v) is 5.80. The Bertz CT molecular complexity index is 203. The summed E-state index contributed by atoms with van der Waals surface area (Å²) in [6.07, 6.45) is 6.89. The Morgan fingerprint density at radius 2 is 1.87 bits per heavy atom. The molecular weight excluding hydrogens is 188 g/mol. The van der Waals surface area contributed by atoms with Crippen LogP contribution in [0.5, 0.6) is 0 Å². The number of ether oxygens (including phenoxy) is 1. The molecule has 1 atom stereocenters. The second kappa shape index (κ2) is 8.51. The van der Waals surface area contributed by atoms with Gasteiger partial charge in [0.25, 0.3) is 0 Å². The van der Waals surface area contributed by atoms with Gasteiger partial charge in [-0.25, -0.2) is 0 Å². The molecule has 0 fully saturated rings. The lowest BCUT2D eigenvalue weighted by Crippen LogP contribution is -2.00. The van der Waals surface area contributed by atoms with Crippen molar-refractivity contribution < 1.29 is 9.53 Å². The Hall–Kier alpha value is -0.790. The zero-order chi connectivity index (χ0) is 11.7. The Morgan fingerprint density at radius 1 is 1.20 bits per heavy atom. The Labute approximate surface area is 93.7 Å². The van der Waals surface area contributed by atoms with Crippen molar-refractivity contribution in [2.75, 3.05) is 6.61 Å². The fourth-order valence-electron chi connectivity index (χ4n) is 1.61. The van der Waals surface area contributed by atoms with E-state index in [1.807, 2.05) is 0 Å². The number of allylic oxidation sites excluding steroid dienone is 2. The van der Waals surface area contributed by atoms with Crippen molar-refractivity contribution in [1.82, 2.24) is 0 Å². The maximum absolute atomic E-state index is 10.5. The first-order valence-electron chi connectivity index (χ1n) is 5.80. The fourth-order valence-corrected chi connectivity index (χ4v) is 1.61. The quantitative estimate of drug-likeness (QED) is 0.365. The van der Waals surface area contributed by atoms with E-state index in [4.69, 9.17) is 4.74 Å². The van der Waals surface area contributed by atoms with Gasteiger partial charge >= 0.3 is 5.97 Å². The van der Waals surface area contributed by atoms with Gasteiger partial charge in [0.05, 0.1) is 6.61 Å². The molecule has 88 valence electrons. The van der Waals surface area contributed by atoms with Gasteiger partial charge in [0.2, 0.25) is 0 Å². The summed E-state index contributed by atoms with van der Waals surface area (Å²) in [7, 11) is 0. The van der Waals surface area contributed by atoms with E-state index < -0.39 is 0 Å². The standard InChI is InChI=1S/C13H24O2/c1-11(2)10-12(3)8-6-5-7-9-15-13(4)14/h10,12H,5-9H2,1-4H3. The minimum absolute atomic E-state index is 0.173. The molecule has 2 nitrogen and oxygen atoms in total. The Morgan fingerprint density at radius 3 is 2.40 bits per heavy atom. The number of hydrogen-bond acceptors (Lipinski definition) is 2. The molecule has 0 N–H and O–H groups in total. The highest BCUT2D eigenvalue weighted by atomic mass is 16.5. The summed E-state index contributed by atoms with van der Waals surface area (Å²) in [6.45, 7) is 8.55. The van der Waals surface area contributed by atoms with E-state index >= 15 is 0 Å². The lowest BCUT2D eigenvalue weighted by molar-refractivity contribution is -0.141. The predicted octanol–water partition coefficient (Wildman–Crippen LogP) is 3.71. The Kier molecular flexibility index (Phi) is 8.06. The second-order valence-corrected chi connectivity index (χ2v) is 4.41. The minimum atomic E-state index is -0.173. The summed E-state index contributed by atoms with van der Waals surface area (Å²) in [5.74, 6) is 0.497. The van der Waals surface area contributed by atoms with Crippen molar-refractivity contribution in [3.05, 3.63) is 11.6 Å². The van der Waals surface area contributed by atoms with Crippen molar-refractivity contribution in [2.45, 2.75) is 53.4 Å². The Balaban J connectivity index is 3.31. The molecule has 0 aromatic carbocycles. The van der Waals surface area contributed by atoms with Crippen LogP contribution in [0.4, 0.5) is 0 Å². The van der Waals surface area contributed by atoms with Crippen LogP contribution in [0.25, 0.3) is 0 Å². The zero-order valence-electron chi connectivity index (χ0n) is 10.5. The highest BCUT2D eigenvalue weighted by Gasteiger charge is 1.98. The number of hydrogen-bond donors (Lipinski definition) is 0. The lowest BCUT2D eigenvalue weighted by atomic mass is 10.0. The number of unbranched alkanes of at least 4 members (excludes halogenated alkanes) is 2. The van der Waals surface area contributed by atoms with Crippen LogP contribution in [0.15, 0.2) is 11.6 Å². The van der Waals surface area contributed by atoms with E-state index in [1.54, 1.807) is 0 Å². The van der Waals surface area contributed by atoms with Crippen LogP contribution in [-0.4, -0.2) is 12.6 Å². The second-order valence-electron chi connectivity index (χ2n) is 4.41. The summed E-state index contributed by atoms with van der Waals surface area (Å²) < 4.78 is 4.86. The summed E-state index contributed by atoms with van der Waals surface area (Å²) in [6, 6.07) is 0. The van der Waals surface area contributed by atoms with Gasteiger partial charge in [-0.2, -0.15) is 0 Å². The van der Waals surface area contributed by atoms with Crippen LogP contribution in [0.2, 0.25) is 0 Å². The average Bonchev–Trinajstić information content (AvgIpc) is 2.09. The van der Waals surface area contributed by atoms with Gasteiger partial charge in [-0.1, -0.05) is 31.4 Å². The molecule has 0 heterocycles. The van der Waals surface area contributed by atoms with Crippen molar-refractivity contribution in [2.24, 2.45) is 5.92 Å². The molecule has 0 amide bonds. The topological polar surface area (TPSA) is 26.3 Å². The number of carbonyl (C=O) groups excluding carboxylic acids is 1. The molecule has 2 heteroatoms. The van der Waals surface area contributed by atoms with E-state index in [9.17, 15) is 4.79 Å². The predicted molar refractivity (Wildman–Crippen MR) is 63.7 cm³/mol. The molecule has 0 saturated heterocycles. The molecule has 0 bridgehead atoms. The maximum Gasteiger partial charge on any atom is 0.302 e. The molecular formula is C13H24O2. The first kappa shape index (κ1) is 14.2. The van der Waals surface area contributed by atoms with Crippen LogP contribution in [0.1, 0.15) is 53.4 Å². The van der Waals surface area contributed by atoms with Crippen molar-refractivity contribution in [1.29, 1.82) is 0 Å². The molecule has 0 radical (unpaired) electrons. The van der Waals surface area contributed by atoms with E-state index in [1.165, 1.54) is 25.3 Å². The normalized spacial score (nSPS) is 12.0. The van der Waals surface area contributed by atoms with Gasteiger partial charge in [0, 0.05) is 6.92 Å². The van der Waals surface area contributed by atoms with E-state index in [0.717, 1.165) is 12.8 Å². The highest BCUT2D eigenvalue weighted by molar-refractivity contribution is 5.65. The van der Waals surface area contributed by atoms with Gasteiger partial charge in [0.15, 0.2) is 0 Å². The SMILES string of the molecule is CC(=O)OCCCCCC(C)C=C(C)C. The highest BCUT2D eigenvalue weighted by Crippen LogP contribution is 2.12. The van der Waals surface area contributed by atoms with Gasteiger partial charge in [0.1, 0.15) is 0 Å². The molecule has 0 aliphatic carbocycles. The van der Waals surface area contributed by atoms with Crippen LogP contribution >= 0.6 is 0 Å². The number of esters is 1. The molecule has 0 aliphatic heterocycles. The third kappa shape index (κ3) is 11.1. The van der Waals surface area contributed by atoms with Crippen LogP contribution < -0.4 is 0 Å². The summed E-state index contributed by atoms with van der Waals surface area (Å²) in [5.41, 5.74) is 1.39. The summed E-state index contributed by atoms with van der Waals surface area (Å²) in [4.78, 5) is 10.5. The molecule has 0 rings (SSSR count).